The van der Waals surface area contributed by atoms with Crippen LogP contribution in [0.4, 0.5) is 0 Å². The van der Waals surface area contributed by atoms with Crippen molar-refractivity contribution in [3.8, 4) is 0 Å². The van der Waals surface area contributed by atoms with Crippen molar-refractivity contribution in [2.24, 2.45) is 4.99 Å². The summed E-state index contributed by atoms with van der Waals surface area (Å²) in [7, 11) is 0. The van der Waals surface area contributed by atoms with E-state index in [0.717, 1.165) is 11.3 Å². The van der Waals surface area contributed by atoms with E-state index in [0.29, 0.717) is 6.67 Å². The van der Waals surface area contributed by atoms with E-state index in [4.69, 9.17) is 0 Å². The third kappa shape index (κ3) is 3.28. The van der Waals surface area contributed by atoms with Gasteiger partial charge in [-0.3, -0.25) is 4.99 Å². The van der Waals surface area contributed by atoms with Gasteiger partial charge in [0.15, 0.2) is 0 Å². The summed E-state index contributed by atoms with van der Waals surface area (Å²) in [6.45, 7) is 4.71. The molecule has 0 radical (unpaired) electrons. The lowest BCUT2D eigenvalue weighted by atomic mass is 10.1. The first-order valence-electron chi connectivity index (χ1n) is 4.12. The molecule has 1 aliphatic heterocycles. The largest absolute Gasteiger partial charge is 0.366 e. The van der Waals surface area contributed by atoms with E-state index in [1.165, 1.54) is 0 Å². The van der Waals surface area contributed by atoms with Crippen LogP contribution in [-0.4, -0.2) is 12.9 Å². The number of rotatable bonds is 1. The lowest BCUT2D eigenvalue weighted by Crippen LogP contribution is -2.20. The van der Waals surface area contributed by atoms with Crippen LogP contribution in [0.3, 0.4) is 0 Å². The molecule has 0 saturated carbocycles. The molecule has 1 heterocycles. The van der Waals surface area contributed by atoms with E-state index < -0.39 is 0 Å². The molecule has 0 unspecified atom stereocenters. The maximum atomic E-state index is 4.13. The average Bonchev–Trinajstić information content (AvgIpc) is 2.15. The summed E-state index contributed by atoms with van der Waals surface area (Å²) in [6, 6.07) is 0. The van der Waals surface area contributed by atoms with Crippen LogP contribution in [0.2, 0.25) is 0 Å². The molecule has 0 aliphatic carbocycles. The molecule has 0 fully saturated rings. The van der Waals surface area contributed by atoms with Crippen molar-refractivity contribution >= 4 is 6.21 Å². The van der Waals surface area contributed by atoms with Crippen molar-refractivity contribution in [2.45, 2.75) is 21.3 Å². The molecule has 72 valence electrons. The molecule has 2 nitrogen and oxygen atoms in total. The summed E-state index contributed by atoms with van der Waals surface area (Å²) in [5, 5.41) is 3.19. The van der Waals surface area contributed by atoms with Gasteiger partial charge in [0.25, 0.3) is 0 Å². The second kappa shape index (κ2) is 6.23. The van der Waals surface area contributed by atoms with Crippen LogP contribution in [-0.2, 0) is 0 Å². The van der Waals surface area contributed by atoms with Gasteiger partial charge in [0.2, 0.25) is 0 Å². The topological polar surface area (TPSA) is 24.4 Å². The van der Waals surface area contributed by atoms with Gasteiger partial charge < -0.3 is 5.32 Å². The summed E-state index contributed by atoms with van der Waals surface area (Å²) in [5.74, 6) is 0. The molecular formula is C11H18N2. The van der Waals surface area contributed by atoms with Crippen molar-refractivity contribution < 1.29 is 0 Å². The van der Waals surface area contributed by atoms with Crippen LogP contribution < -0.4 is 5.32 Å². The molecule has 1 aliphatic rings. The first-order chi connectivity index (χ1) is 5.88. The van der Waals surface area contributed by atoms with Crippen LogP contribution in [0.1, 0.15) is 21.3 Å². The molecule has 0 aromatic heterocycles. The lowest BCUT2D eigenvalue weighted by molar-refractivity contribution is 0.827. The SMILES string of the molecule is C.C\C=C/C=C1/C=NCN/C1=C/C. The summed E-state index contributed by atoms with van der Waals surface area (Å²) < 4.78 is 0. The van der Waals surface area contributed by atoms with Gasteiger partial charge in [0, 0.05) is 17.5 Å². The van der Waals surface area contributed by atoms with Crippen LogP contribution in [0.15, 0.2) is 40.6 Å². The Bertz CT molecular complexity index is 257. The van der Waals surface area contributed by atoms with Crippen molar-refractivity contribution in [2.75, 3.05) is 6.67 Å². The first kappa shape index (κ1) is 11.7. The van der Waals surface area contributed by atoms with E-state index in [1.807, 2.05) is 38.3 Å². The summed E-state index contributed by atoms with van der Waals surface area (Å²) in [6.07, 6.45) is 10.0. The quantitative estimate of drug-likeness (QED) is 0.656. The minimum atomic E-state index is 0. The fourth-order valence-electron chi connectivity index (χ4n) is 1.05. The summed E-state index contributed by atoms with van der Waals surface area (Å²) in [4.78, 5) is 4.13. The van der Waals surface area contributed by atoms with Crippen LogP contribution in [0.25, 0.3) is 0 Å². The average molecular weight is 178 g/mol. The zero-order chi connectivity index (χ0) is 8.81. The van der Waals surface area contributed by atoms with Gasteiger partial charge in [-0.15, -0.1) is 0 Å². The fourth-order valence-corrected chi connectivity index (χ4v) is 1.05. The molecule has 13 heavy (non-hydrogen) atoms. The molecule has 1 rings (SSSR count). The van der Waals surface area contributed by atoms with Crippen molar-refractivity contribution in [3.63, 3.8) is 0 Å². The van der Waals surface area contributed by atoms with E-state index in [2.05, 4.69) is 16.4 Å². The van der Waals surface area contributed by atoms with E-state index in [-0.39, 0.29) is 7.43 Å². The van der Waals surface area contributed by atoms with Crippen molar-refractivity contribution in [1.82, 2.24) is 5.32 Å². The lowest BCUT2D eigenvalue weighted by Gasteiger charge is -2.13. The number of hydrogen-bond acceptors (Lipinski definition) is 2. The second-order valence-electron chi connectivity index (χ2n) is 2.50. The zero-order valence-corrected chi connectivity index (χ0v) is 7.54. The van der Waals surface area contributed by atoms with Gasteiger partial charge in [-0.25, -0.2) is 0 Å². The molecule has 0 saturated heterocycles. The molecule has 0 aromatic carbocycles. The Labute approximate surface area is 80.8 Å². The standard InChI is InChI=1S/C10H14N2.CH4/c1-3-5-6-9-7-11-8-12-10(9)4-2;/h3-7,12H,8H2,1-2H3;1H4/b5-3-,9-6-,10-4+;. The van der Waals surface area contributed by atoms with Crippen LogP contribution in [0.5, 0.6) is 0 Å². The Hall–Kier alpha value is -1.31. The highest BCUT2D eigenvalue weighted by Gasteiger charge is 2.02. The highest BCUT2D eigenvalue weighted by atomic mass is 15.0. The smallest absolute Gasteiger partial charge is 0.107 e. The Morgan fingerprint density at radius 2 is 2.23 bits per heavy atom. The number of allylic oxidation sites excluding steroid dienone is 5. The third-order valence-electron chi connectivity index (χ3n) is 1.66. The summed E-state index contributed by atoms with van der Waals surface area (Å²) >= 11 is 0. The zero-order valence-electron chi connectivity index (χ0n) is 7.54. The number of aliphatic imine (C=N–C) groups is 1. The molecule has 2 heteroatoms. The maximum Gasteiger partial charge on any atom is 0.107 e. The number of hydrogen-bond donors (Lipinski definition) is 1. The summed E-state index contributed by atoms with van der Waals surface area (Å²) in [5.41, 5.74) is 2.30. The van der Waals surface area contributed by atoms with Crippen molar-refractivity contribution in [1.29, 1.82) is 0 Å². The van der Waals surface area contributed by atoms with Gasteiger partial charge >= 0.3 is 0 Å². The molecular weight excluding hydrogens is 160 g/mol. The Balaban J connectivity index is 0.00000144. The Kier molecular flexibility index (Phi) is 5.60. The molecule has 0 spiro atoms. The van der Waals surface area contributed by atoms with Gasteiger partial charge in [-0.1, -0.05) is 31.7 Å². The molecule has 0 aromatic rings. The van der Waals surface area contributed by atoms with Gasteiger partial charge in [0.05, 0.1) is 0 Å². The van der Waals surface area contributed by atoms with Gasteiger partial charge in [0.1, 0.15) is 6.67 Å². The highest BCUT2D eigenvalue weighted by molar-refractivity contribution is 5.85. The molecule has 0 amide bonds. The van der Waals surface area contributed by atoms with Crippen molar-refractivity contribution in [3.05, 3.63) is 35.6 Å². The maximum absolute atomic E-state index is 4.13. The Morgan fingerprint density at radius 3 is 2.85 bits per heavy atom. The highest BCUT2D eigenvalue weighted by Crippen LogP contribution is 2.07. The fraction of sp³-hybridized carbons (Fsp3) is 0.364. The first-order valence-corrected chi connectivity index (χ1v) is 4.12. The predicted octanol–water partition coefficient (Wildman–Crippen LogP) is 2.66. The van der Waals surface area contributed by atoms with E-state index in [1.54, 1.807) is 0 Å². The molecule has 1 N–H and O–H groups in total. The number of nitrogens with one attached hydrogen (secondary N) is 1. The van der Waals surface area contributed by atoms with Crippen LogP contribution in [0, 0.1) is 0 Å². The molecule has 0 bridgehead atoms. The molecule has 0 atom stereocenters. The minimum Gasteiger partial charge on any atom is -0.366 e. The third-order valence-corrected chi connectivity index (χ3v) is 1.66. The van der Waals surface area contributed by atoms with Gasteiger partial charge in [-0.2, -0.15) is 0 Å². The van der Waals surface area contributed by atoms with Crippen LogP contribution >= 0.6 is 0 Å². The number of nitrogens with zero attached hydrogens (tertiary/aromatic N) is 1. The predicted molar refractivity (Wildman–Crippen MR) is 59.9 cm³/mol. The Morgan fingerprint density at radius 1 is 1.46 bits per heavy atom. The normalized spacial score (nSPS) is 22.0. The van der Waals surface area contributed by atoms with Gasteiger partial charge in [-0.05, 0) is 13.8 Å². The van der Waals surface area contributed by atoms with E-state index >= 15 is 0 Å². The monoisotopic (exact) mass is 178 g/mol. The second-order valence-corrected chi connectivity index (χ2v) is 2.50. The minimum absolute atomic E-state index is 0. The van der Waals surface area contributed by atoms with E-state index in [9.17, 15) is 0 Å².